The van der Waals surface area contributed by atoms with Crippen LogP contribution in [0.4, 0.5) is 17.1 Å². The Balaban J connectivity index is 0.989. The molecule has 0 N–H and O–H groups in total. The maximum Gasteiger partial charge on any atom is 0.0547 e. The van der Waals surface area contributed by atoms with E-state index in [1.165, 1.54) is 65.6 Å². The number of benzene rings is 9. The maximum absolute atomic E-state index is 2.40. The molecular weight excluding hydrogens is 629 g/mol. The van der Waals surface area contributed by atoms with E-state index in [2.05, 4.69) is 216 Å². The standard InChI is InChI=1S/C50H34N2/c1-2-14-40(15-3-1)51(42-32-25-39(26-33-42)45-19-10-13-37-11-4-6-16-44(37)45)41-28-21-35(22-29-41)36-23-30-43(31-24-36)52-48-20-9-8-18-47(48)50-46-17-7-5-12-38(46)27-34-49(50)52/h1-34H. The van der Waals surface area contributed by atoms with Gasteiger partial charge in [-0.1, -0.05) is 146 Å². The molecule has 0 saturated heterocycles. The van der Waals surface area contributed by atoms with Crippen molar-refractivity contribution in [1.29, 1.82) is 0 Å². The Morgan fingerprint density at radius 2 is 0.827 bits per heavy atom. The average Bonchev–Trinajstić information content (AvgIpc) is 3.57. The molecule has 9 aromatic carbocycles. The molecule has 1 heterocycles. The number of para-hydroxylation sites is 2. The molecule has 0 aliphatic rings. The molecule has 10 rings (SSSR count). The number of hydrogen-bond donors (Lipinski definition) is 0. The van der Waals surface area contributed by atoms with E-state index in [0.717, 1.165) is 22.7 Å². The van der Waals surface area contributed by atoms with Crippen molar-refractivity contribution in [3.05, 3.63) is 206 Å². The van der Waals surface area contributed by atoms with Crippen LogP contribution in [0.1, 0.15) is 0 Å². The molecule has 2 heteroatoms. The van der Waals surface area contributed by atoms with E-state index in [1.54, 1.807) is 0 Å². The molecule has 0 unspecified atom stereocenters. The topological polar surface area (TPSA) is 8.17 Å². The molecule has 244 valence electrons. The summed E-state index contributed by atoms with van der Waals surface area (Å²) in [4.78, 5) is 2.33. The zero-order chi connectivity index (χ0) is 34.4. The quantitative estimate of drug-likeness (QED) is 0.172. The third-order valence-electron chi connectivity index (χ3n) is 10.4. The fourth-order valence-electron chi connectivity index (χ4n) is 7.91. The lowest BCUT2D eigenvalue weighted by Gasteiger charge is -2.26. The van der Waals surface area contributed by atoms with E-state index in [1.807, 2.05) is 0 Å². The van der Waals surface area contributed by atoms with Crippen LogP contribution >= 0.6 is 0 Å². The summed E-state index contributed by atoms with van der Waals surface area (Å²) >= 11 is 0. The van der Waals surface area contributed by atoms with Crippen LogP contribution in [0.3, 0.4) is 0 Å². The summed E-state index contributed by atoms with van der Waals surface area (Å²) in [6.07, 6.45) is 0. The highest BCUT2D eigenvalue weighted by molar-refractivity contribution is 6.21. The Bertz CT molecular complexity index is 2860. The molecule has 0 atom stereocenters. The van der Waals surface area contributed by atoms with Crippen LogP contribution in [0.15, 0.2) is 206 Å². The highest BCUT2D eigenvalue weighted by Gasteiger charge is 2.16. The molecule has 0 amide bonds. The van der Waals surface area contributed by atoms with Crippen LogP contribution < -0.4 is 4.90 Å². The molecule has 0 radical (unpaired) electrons. The van der Waals surface area contributed by atoms with E-state index in [-0.39, 0.29) is 0 Å². The summed E-state index contributed by atoms with van der Waals surface area (Å²) in [5.74, 6) is 0. The van der Waals surface area contributed by atoms with Gasteiger partial charge in [0.1, 0.15) is 0 Å². The second-order valence-corrected chi connectivity index (χ2v) is 13.4. The summed E-state index contributed by atoms with van der Waals surface area (Å²) < 4.78 is 2.40. The van der Waals surface area contributed by atoms with Gasteiger partial charge in [0, 0.05) is 33.5 Å². The van der Waals surface area contributed by atoms with E-state index < -0.39 is 0 Å². The zero-order valence-electron chi connectivity index (χ0n) is 28.5. The van der Waals surface area contributed by atoms with Gasteiger partial charge >= 0.3 is 0 Å². The predicted molar refractivity (Wildman–Crippen MR) is 221 cm³/mol. The van der Waals surface area contributed by atoms with Crippen LogP contribution in [-0.2, 0) is 0 Å². The number of rotatable bonds is 6. The van der Waals surface area contributed by atoms with Crippen molar-refractivity contribution in [2.75, 3.05) is 4.90 Å². The molecule has 1 aromatic heterocycles. The first-order valence-corrected chi connectivity index (χ1v) is 17.9. The molecule has 10 aromatic rings. The third kappa shape index (κ3) is 5.04. The molecular formula is C50H34N2. The van der Waals surface area contributed by atoms with Crippen molar-refractivity contribution in [2.45, 2.75) is 0 Å². The van der Waals surface area contributed by atoms with E-state index in [4.69, 9.17) is 0 Å². The number of nitrogens with zero attached hydrogens (tertiary/aromatic N) is 2. The second-order valence-electron chi connectivity index (χ2n) is 13.4. The fourth-order valence-corrected chi connectivity index (χ4v) is 7.91. The van der Waals surface area contributed by atoms with E-state index >= 15 is 0 Å². The van der Waals surface area contributed by atoms with Crippen molar-refractivity contribution < 1.29 is 0 Å². The molecule has 0 aliphatic heterocycles. The van der Waals surface area contributed by atoms with Crippen molar-refractivity contribution in [1.82, 2.24) is 4.57 Å². The molecule has 2 nitrogen and oxygen atoms in total. The fraction of sp³-hybridized carbons (Fsp3) is 0. The first kappa shape index (κ1) is 30.0. The van der Waals surface area contributed by atoms with Gasteiger partial charge in [-0.25, -0.2) is 0 Å². The van der Waals surface area contributed by atoms with Crippen LogP contribution in [0, 0.1) is 0 Å². The SMILES string of the molecule is c1ccc(N(c2ccc(-c3ccc(-n4c5ccccc5c5c6ccccc6ccc54)cc3)cc2)c2ccc(-c3cccc4ccccc34)cc2)cc1. The molecule has 0 saturated carbocycles. The largest absolute Gasteiger partial charge is 0.311 e. The van der Waals surface area contributed by atoms with Gasteiger partial charge in [0.15, 0.2) is 0 Å². The summed E-state index contributed by atoms with van der Waals surface area (Å²) in [6, 6.07) is 74.5. The van der Waals surface area contributed by atoms with Gasteiger partial charge in [0.25, 0.3) is 0 Å². The first-order chi connectivity index (χ1) is 25.8. The number of aromatic nitrogens is 1. The first-order valence-electron chi connectivity index (χ1n) is 17.9. The summed E-state index contributed by atoms with van der Waals surface area (Å²) in [5, 5.41) is 7.66. The second kappa shape index (κ2) is 12.5. The molecule has 0 aliphatic carbocycles. The third-order valence-corrected chi connectivity index (χ3v) is 10.4. The van der Waals surface area contributed by atoms with Crippen molar-refractivity contribution >= 4 is 60.4 Å². The van der Waals surface area contributed by atoms with Gasteiger partial charge in [-0.15, -0.1) is 0 Å². The summed E-state index contributed by atoms with van der Waals surface area (Å²) in [7, 11) is 0. The van der Waals surface area contributed by atoms with Crippen molar-refractivity contribution in [3.8, 4) is 27.9 Å². The highest BCUT2D eigenvalue weighted by Crippen LogP contribution is 2.39. The lowest BCUT2D eigenvalue weighted by atomic mass is 9.98. The monoisotopic (exact) mass is 662 g/mol. The molecule has 0 spiro atoms. The Morgan fingerprint density at radius 1 is 0.308 bits per heavy atom. The Hall–Kier alpha value is -6.90. The molecule has 0 bridgehead atoms. The minimum Gasteiger partial charge on any atom is -0.311 e. The average molecular weight is 663 g/mol. The van der Waals surface area contributed by atoms with Crippen LogP contribution in [0.2, 0.25) is 0 Å². The van der Waals surface area contributed by atoms with Crippen molar-refractivity contribution in [3.63, 3.8) is 0 Å². The van der Waals surface area contributed by atoms with E-state index in [0.29, 0.717) is 0 Å². The molecule has 52 heavy (non-hydrogen) atoms. The van der Waals surface area contributed by atoms with Gasteiger partial charge in [0.05, 0.1) is 11.0 Å². The molecule has 0 fully saturated rings. The zero-order valence-corrected chi connectivity index (χ0v) is 28.5. The van der Waals surface area contributed by atoms with Gasteiger partial charge < -0.3 is 9.47 Å². The Labute approximate surface area is 303 Å². The van der Waals surface area contributed by atoms with Crippen LogP contribution in [0.5, 0.6) is 0 Å². The number of hydrogen-bond acceptors (Lipinski definition) is 1. The number of fused-ring (bicyclic) bond motifs is 6. The maximum atomic E-state index is 2.40. The Kier molecular flexibility index (Phi) is 7.18. The van der Waals surface area contributed by atoms with Gasteiger partial charge in [-0.3, -0.25) is 0 Å². The summed E-state index contributed by atoms with van der Waals surface area (Å²) in [5.41, 5.74) is 11.8. The normalized spacial score (nSPS) is 11.5. The minimum absolute atomic E-state index is 1.11. The van der Waals surface area contributed by atoms with Gasteiger partial charge in [0.2, 0.25) is 0 Å². The lowest BCUT2D eigenvalue weighted by molar-refractivity contribution is 1.18. The van der Waals surface area contributed by atoms with E-state index in [9.17, 15) is 0 Å². The van der Waals surface area contributed by atoms with Gasteiger partial charge in [-0.2, -0.15) is 0 Å². The predicted octanol–water partition coefficient (Wildman–Crippen LogP) is 13.9. The van der Waals surface area contributed by atoms with Crippen molar-refractivity contribution in [2.24, 2.45) is 0 Å². The summed E-state index contributed by atoms with van der Waals surface area (Å²) in [6.45, 7) is 0. The number of anilines is 3. The Morgan fingerprint density at radius 3 is 1.54 bits per heavy atom. The van der Waals surface area contributed by atoms with Crippen LogP contribution in [-0.4, -0.2) is 4.57 Å². The van der Waals surface area contributed by atoms with Crippen LogP contribution in [0.25, 0.3) is 71.3 Å². The smallest absolute Gasteiger partial charge is 0.0547 e. The minimum atomic E-state index is 1.11. The van der Waals surface area contributed by atoms with Gasteiger partial charge in [-0.05, 0) is 104 Å². The highest BCUT2D eigenvalue weighted by atomic mass is 15.1. The lowest BCUT2D eigenvalue weighted by Crippen LogP contribution is -2.09.